The van der Waals surface area contributed by atoms with Gasteiger partial charge in [0.15, 0.2) is 0 Å². The molecule has 4 nitrogen and oxygen atoms in total. The summed E-state index contributed by atoms with van der Waals surface area (Å²) in [6.45, 7) is 4.15. The minimum Gasteiger partial charge on any atom is -0.522 e. The van der Waals surface area contributed by atoms with Crippen LogP contribution in [0.3, 0.4) is 0 Å². The van der Waals surface area contributed by atoms with E-state index < -0.39 is 0 Å². The van der Waals surface area contributed by atoms with E-state index in [0.717, 1.165) is 19.8 Å². The van der Waals surface area contributed by atoms with Crippen molar-refractivity contribution in [1.82, 2.24) is 5.32 Å². The first-order chi connectivity index (χ1) is 6.20. The van der Waals surface area contributed by atoms with E-state index in [0.29, 0.717) is 12.3 Å². The van der Waals surface area contributed by atoms with Crippen LogP contribution in [-0.2, 0) is 9.59 Å². The standard InChI is InChI=1S/C8H14NO2.CH4O.Fm/c1-7(2)3-4-8(5-10)9-6-11;1-2;/h5,7-8H,3-4H2,1-2H3,(H,9,11);2H,1H3;/q-1;;. The molecule has 0 spiro atoms. The molecule has 90 valence electrons. The van der Waals surface area contributed by atoms with Gasteiger partial charge in [-0.05, 0) is 18.8 Å². The predicted octanol–water partition coefficient (Wildman–Crippen LogP) is 0.255. The van der Waals surface area contributed by atoms with Crippen LogP contribution in [0.4, 0.5) is 0 Å². The van der Waals surface area contributed by atoms with E-state index in [9.17, 15) is 9.59 Å². The number of hydrogen-bond donors (Lipinski definition) is 2. The zero-order valence-electron chi connectivity index (χ0n) is 8.70. The number of carbonyl (C=O) groups is 1. The van der Waals surface area contributed by atoms with Crippen molar-refractivity contribution >= 4 is 12.7 Å². The molecule has 5 heteroatoms. The molecular weight excluding hydrogens is 427 g/mol. The maximum Gasteiger partial charge on any atom is 0.139 e. The fraction of sp³-hybridized carbons (Fsp3) is 0.778. The number of aliphatic hydroxyl groups is 1. The van der Waals surface area contributed by atoms with Crippen molar-refractivity contribution in [3.8, 4) is 0 Å². The first-order valence-corrected chi connectivity index (χ1v) is 4.23. The maximum absolute atomic E-state index is 10.3. The number of aldehydes is 1. The van der Waals surface area contributed by atoms with E-state index in [-0.39, 0.29) is 6.04 Å². The number of nitrogens with one attached hydrogen (secondary N) is 1. The largest absolute Gasteiger partial charge is 0.522 e. The summed E-state index contributed by atoms with van der Waals surface area (Å²) in [5.74, 6) is 0.561. The van der Waals surface area contributed by atoms with Gasteiger partial charge in [-0.1, -0.05) is 13.8 Å². The smallest absolute Gasteiger partial charge is 0.139 e. The Morgan fingerprint density at radius 3 is 2.14 bits per heavy atom. The molecule has 0 aromatic carbocycles. The fourth-order valence-corrected chi connectivity index (χ4v) is 0.763. The Hall–Kier alpha value is -1.90. The number of carbonyl (C=O) groups excluding carboxylic acids is 2. The third-order valence-corrected chi connectivity index (χ3v) is 1.46. The van der Waals surface area contributed by atoms with Gasteiger partial charge in [-0.25, -0.2) is 0 Å². The molecule has 0 rings (SSSR count). The first-order valence-electron chi connectivity index (χ1n) is 4.23. The second kappa shape index (κ2) is 13.7. The van der Waals surface area contributed by atoms with E-state index in [1.807, 2.05) is 0 Å². The molecule has 0 radical (unpaired) electrons. The summed E-state index contributed by atoms with van der Waals surface area (Å²) in [5, 5.41) is 9.31. The quantitative estimate of drug-likeness (QED) is 0.350. The minimum absolute atomic E-state index is 0. The Balaban J connectivity index is -0.000000376. The first kappa shape index (κ1) is 18.0. The molecule has 0 aromatic heterocycles. The summed E-state index contributed by atoms with van der Waals surface area (Å²) < 4.78 is 0. The minimum atomic E-state index is -0.352. The molecule has 0 heterocycles. The summed E-state index contributed by atoms with van der Waals surface area (Å²) in [5.41, 5.74) is 0. The van der Waals surface area contributed by atoms with Gasteiger partial charge in [0.05, 0.1) is 6.04 Å². The van der Waals surface area contributed by atoms with Crippen LogP contribution < -0.4 is 5.32 Å². The average molecular weight is 445 g/mol. The number of aliphatic hydroxyl groups excluding tert-OH is 1. The van der Waals surface area contributed by atoms with Crippen molar-refractivity contribution in [2.24, 2.45) is 5.92 Å². The molecule has 2 N–H and O–H groups in total. The summed E-state index contributed by atoms with van der Waals surface area (Å²) in [6.07, 6.45) is 3.90. The van der Waals surface area contributed by atoms with E-state index in [1.165, 1.54) is 6.41 Å². The van der Waals surface area contributed by atoms with Crippen molar-refractivity contribution in [1.29, 1.82) is 0 Å². The summed E-state index contributed by atoms with van der Waals surface area (Å²) in [6, 6.07) is -0.352. The van der Waals surface area contributed by atoms with Gasteiger partial charge < -0.3 is 20.0 Å². The van der Waals surface area contributed by atoms with Crippen LogP contribution in [0.25, 0.3) is 0 Å². The molecule has 0 fully saturated rings. The number of hydrogen-bond acceptors (Lipinski definition) is 3. The van der Waals surface area contributed by atoms with E-state index >= 15 is 0 Å². The molecule has 1 atom stereocenters. The third kappa shape index (κ3) is 12.7. The molecule has 1 unspecified atom stereocenters. The number of amides is 1. The Labute approximate surface area is 79.3 Å². The molecule has 0 saturated heterocycles. The van der Waals surface area contributed by atoms with Crippen molar-refractivity contribution in [3.05, 3.63) is 0 Å². The van der Waals surface area contributed by atoms with Gasteiger partial charge in [0.25, 0.3) is 0 Å². The van der Waals surface area contributed by atoms with Crippen molar-refractivity contribution in [2.75, 3.05) is 7.11 Å². The second-order valence-electron chi connectivity index (χ2n) is 2.96. The van der Waals surface area contributed by atoms with Crippen molar-refractivity contribution in [2.45, 2.75) is 32.7 Å². The van der Waals surface area contributed by atoms with Crippen LogP contribution in [0.2, 0.25) is 0 Å². The average Bonchev–Trinajstić information content (AvgIpc) is 2.15. The van der Waals surface area contributed by atoms with Crippen LogP contribution >= 0.6 is 0 Å². The van der Waals surface area contributed by atoms with Gasteiger partial charge in [0.1, 0.15) is 6.29 Å². The van der Waals surface area contributed by atoms with Crippen LogP contribution in [0, 0.1) is 5.92 Å². The molecule has 1 amide bonds. The number of rotatable bonds is 6. The van der Waals surface area contributed by atoms with E-state index in [1.54, 1.807) is 0 Å². The van der Waals surface area contributed by atoms with Gasteiger partial charge in [-0.15, -0.1) is 0 Å². The zero-order chi connectivity index (χ0) is 10.7. The predicted molar refractivity (Wildman–Crippen MR) is 50.9 cm³/mol. The van der Waals surface area contributed by atoms with Gasteiger partial charge in [0.2, 0.25) is 0 Å². The Kier molecular flexibility index (Phi) is 17.6. The maximum atomic E-state index is 10.3. The monoisotopic (exact) mass is 445 g/mol. The van der Waals surface area contributed by atoms with Gasteiger partial charge in [-0.2, -0.15) is 6.41 Å². The van der Waals surface area contributed by atoms with Crippen LogP contribution in [0.1, 0.15) is 26.7 Å². The fourth-order valence-electron chi connectivity index (χ4n) is 0.763. The molecular formula is C9H18FmNO3-. The molecule has 0 aliphatic heterocycles. The van der Waals surface area contributed by atoms with Gasteiger partial charge in [-0.3, -0.25) is 0 Å². The van der Waals surface area contributed by atoms with Crippen LogP contribution in [-0.4, -0.2) is 31.0 Å². The molecule has 14 heavy (non-hydrogen) atoms. The summed E-state index contributed by atoms with van der Waals surface area (Å²) >= 11 is 0. The second-order valence-corrected chi connectivity index (χ2v) is 2.96. The van der Waals surface area contributed by atoms with Gasteiger partial charge in [0, 0.05) is 7.11 Å². The zero-order valence-corrected chi connectivity index (χ0v) is 11.1. The normalized spacial score (nSPS) is 10.4. The molecule has 0 aromatic rings. The Bertz CT molecular complexity index is 131. The SMILES string of the molecule is CC(C)CCC(C=O)N[C-]=O.CO.[Fm]. The molecule has 0 aliphatic rings. The molecule has 0 saturated carbocycles. The van der Waals surface area contributed by atoms with E-state index in [4.69, 9.17) is 5.11 Å². The Morgan fingerprint density at radius 2 is 1.86 bits per heavy atom. The van der Waals surface area contributed by atoms with Crippen molar-refractivity contribution < 1.29 is 14.7 Å². The third-order valence-electron chi connectivity index (χ3n) is 1.46. The molecule has 0 aliphatic carbocycles. The van der Waals surface area contributed by atoms with Gasteiger partial charge >= 0.3 is 0 Å². The van der Waals surface area contributed by atoms with Crippen LogP contribution in [0.15, 0.2) is 0 Å². The Morgan fingerprint density at radius 1 is 1.36 bits per heavy atom. The summed E-state index contributed by atoms with van der Waals surface area (Å²) in [7, 11) is 1.00. The summed E-state index contributed by atoms with van der Waals surface area (Å²) in [4.78, 5) is 20.1. The van der Waals surface area contributed by atoms with E-state index in [2.05, 4.69) is 19.2 Å². The molecule has 0 bridgehead atoms. The van der Waals surface area contributed by atoms with Crippen LogP contribution in [0.5, 0.6) is 0 Å². The van der Waals surface area contributed by atoms with Crippen molar-refractivity contribution in [3.63, 3.8) is 0 Å². The topological polar surface area (TPSA) is 66.4 Å².